The zero-order valence-corrected chi connectivity index (χ0v) is 18.3. The van der Waals surface area contributed by atoms with Crippen LogP contribution in [0, 0.1) is 17.5 Å². The number of carbonyl (C=O) groups excluding carboxylic acids is 1. The number of hydrogen-bond acceptors (Lipinski definition) is 4. The van der Waals surface area contributed by atoms with Gasteiger partial charge in [-0.2, -0.15) is 0 Å². The summed E-state index contributed by atoms with van der Waals surface area (Å²) in [5, 5.41) is 0. The van der Waals surface area contributed by atoms with E-state index in [2.05, 4.69) is 0 Å². The fourth-order valence-electron chi connectivity index (χ4n) is 3.43. The van der Waals surface area contributed by atoms with Crippen molar-refractivity contribution in [2.45, 2.75) is 0 Å². The Kier molecular flexibility index (Phi) is 6.54. The first-order valence-corrected chi connectivity index (χ1v) is 10.2. The van der Waals surface area contributed by atoms with Gasteiger partial charge in [0.2, 0.25) is 0 Å². The Morgan fingerprint density at radius 3 is 1.65 bits per heavy atom. The molecule has 0 N–H and O–H groups in total. The van der Waals surface area contributed by atoms with Gasteiger partial charge >= 0.3 is 5.97 Å². The van der Waals surface area contributed by atoms with Crippen molar-refractivity contribution in [3.8, 4) is 39.5 Å². The standard InChI is InChI=1S/C27H19F3O4/c1-32-19-8-3-16(4-9-19)21-12-13-22(26(30)25(21)29)17-5-10-20(11-6-17)34-27(31)18-7-14-24(33-2)23(28)15-18/h3-15H,1-2H3. The van der Waals surface area contributed by atoms with E-state index in [-0.39, 0.29) is 28.2 Å². The molecule has 34 heavy (non-hydrogen) atoms. The predicted octanol–water partition coefficient (Wildman–Crippen LogP) is 6.67. The largest absolute Gasteiger partial charge is 0.497 e. The Morgan fingerprint density at radius 2 is 1.18 bits per heavy atom. The molecule has 4 aromatic rings. The third-order valence-electron chi connectivity index (χ3n) is 5.25. The molecule has 0 unspecified atom stereocenters. The van der Waals surface area contributed by atoms with Gasteiger partial charge in [0.1, 0.15) is 11.5 Å². The molecule has 0 atom stereocenters. The molecular formula is C27H19F3O4. The lowest BCUT2D eigenvalue weighted by Gasteiger charge is -2.11. The molecule has 4 nitrogen and oxygen atoms in total. The van der Waals surface area contributed by atoms with Gasteiger partial charge in [-0.05, 0) is 53.6 Å². The summed E-state index contributed by atoms with van der Waals surface area (Å²) >= 11 is 0. The van der Waals surface area contributed by atoms with Gasteiger partial charge in [-0.25, -0.2) is 18.0 Å². The van der Waals surface area contributed by atoms with E-state index < -0.39 is 23.4 Å². The van der Waals surface area contributed by atoms with Crippen LogP contribution in [0.4, 0.5) is 13.2 Å². The van der Waals surface area contributed by atoms with Gasteiger partial charge in [0.05, 0.1) is 19.8 Å². The highest BCUT2D eigenvalue weighted by atomic mass is 19.2. The van der Waals surface area contributed by atoms with Crippen LogP contribution in [0.3, 0.4) is 0 Å². The summed E-state index contributed by atoms with van der Waals surface area (Å²) in [5.74, 6) is -2.64. The number of ether oxygens (including phenoxy) is 3. The molecule has 0 aliphatic rings. The molecule has 0 spiro atoms. The smallest absolute Gasteiger partial charge is 0.343 e. The Bertz CT molecular complexity index is 1330. The fourth-order valence-corrected chi connectivity index (χ4v) is 3.43. The summed E-state index contributed by atoms with van der Waals surface area (Å²) in [7, 11) is 2.84. The van der Waals surface area contributed by atoms with Gasteiger partial charge in [-0.1, -0.05) is 36.4 Å². The molecule has 172 valence electrons. The van der Waals surface area contributed by atoms with Crippen LogP contribution in [0.25, 0.3) is 22.3 Å². The van der Waals surface area contributed by atoms with Crippen molar-refractivity contribution in [1.29, 1.82) is 0 Å². The maximum absolute atomic E-state index is 14.9. The lowest BCUT2D eigenvalue weighted by atomic mass is 9.98. The van der Waals surface area contributed by atoms with E-state index >= 15 is 0 Å². The molecule has 0 aliphatic heterocycles. The van der Waals surface area contributed by atoms with Crippen LogP contribution in [-0.4, -0.2) is 20.2 Å². The van der Waals surface area contributed by atoms with Crippen molar-refractivity contribution < 1.29 is 32.2 Å². The van der Waals surface area contributed by atoms with Crippen molar-refractivity contribution in [3.05, 3.63) is 102 Å². The number of halogens is 3. The number of rotatable bonds is 6. The molecule has 0 fully saturated rings. The topological polar surface area (TPSA) is 44.8 Å². The molecule has 0 saturated carbocycles. The van der Waals surface area contributed by atoms with Crippen molar-refractivity contribution in [1.82, 2.24) is 0 Å². The molecule has 0 saturated heterocycles. The number of carbonyl (C=O) groups is 1. The van der Waals surface area contributed by atoms with E-state index in [1.165, 1.54) is 62.8 Å². The fraction of sp³-hybridized carbons (Fsp3) is 0.0741. The van der Waals surface area contributed by atoms with Crippen molar-refractivity contribution >= 4 is 5.97 Å². The average Bonchev–Trinajstić information content (AvgIpc) is 2.86. The molecule has 4 rings (SSSR count). The van der Waals surface area contributed by atoms with Gasteiger partial charge in [0, 0.05) is 11.1 Å². The van der Waals surface area contributed by atoms with Gasteiger partial charge in [-0.15, -0.1) is 0 Å². The third kappa shape index (κ3) is 4.59. The lowest BCUT2D eigenvalue weighted by molar-refractivity contribution is 0.0734. The second-order valence-corrected chi connectivity index (χ2v) is 7.28. The zero-order chi connectivity index (χ0) is 24.2. The maximum atomic E-state index is 14.9. The molecule has 0 amide bonds. The molecule has 4 aromatic carbocycles. The minimum absolute atomic E-state index is 0.00427. The molecule has 0 aromatic heterocycles. The Labute approximate surface area is 194 Å². The summed E-state index contributed by atoms with van der Waals surface area (Å²) in [5.41, 5.74) is 1.10. The van der Waals surface area contributed by atoms with Crippen LogP contribution in [0.15, 0.2) is 78.9 Å². The summed E-state index contributed by atoms with van der Waals surface area (Å²) in [6.45, 7) is 0. The quantitative estimate of drug-likeness (QED) is 0.236. The summed E-state index contributed by atoms with van der Waals surface area (Å²) in [4.78, 5) is 12.3. The first-order valence-electron chi connectivity index (χ1n) is 10.2. The van der Waals surface area contributed by atoms with Gasteiger partial charge in [0.15, 0.2) is 23.2 Å². The van der Waals surface area contributed by atoms with Crippen LogP contribution in [0.1, 0.15) is 10.4 Å². The SMILES string of the molecule is COc1ccc(-c2ccc(-c3ccc(OC(=O)c4ccc(OC)c(F)c4)cc3)c(F)c2F)cc1. The second kappa shape index (κ2) is 9.70. The summed E-state index contributed by atoms with van der Waals surface area (Å²) in [6, 6.07) is 19.2. The average molecular weight is 464 g/mol. The van der Waals surface area contributed by atoms with Crippen LogP contribution in [0.5, 0.6) is 17.2 Å². The number of esters is 1. The van der Waals surface area contributed by atoms with E-state index in [1.54, 1.807) is 24.3 Å². The Balaban J connectivity index is 1.53. The number of hydrogen-bond donors (Lipinski definition) is 0. The van der Waals surface area contributed by atoms with E-state index in [1.807, 2.05) is 0 Å². The first kappa shape index (κ1) is 22.9. The van der Waals surface area contributed by atoms with Crippen LogP contribution >= 0.6 is 0 Å². The third-order valence-corrected chi connectivity index (χ3v) is 5.25. The van der Waals surface area contributed by atoms with Crippen LogP contribution in [-0.2, 0) is 0 Å². The van der Waals surface area contributed by atoms with E-state index in [4.69, 9.17) is 14.2 Å². The van der Waals surface area contributed by atoms with Crippen LogP contribution < -0.4 is 14.2 Å². The number of benzene rings is 4. The number of methoxy groups -OCH3 is 2. The molecule has 7 heteroatoms. The van der Waals surface area contributed by atoms with Gasteiger partial charge in [0.25, 0.3) is 0 Å². The summed E-state index contributed by atoms with van der Waals surface area (Å²) < 4.78 is 58.7. The van der Waals surface area contributed by atoms with Gasteiger partial charge in [-0.3, -0.25) is 0 Å². The van der Waals surface area contributed by atoms with Crippen molar-refractivity contribution in [2.75, 3.05) is 14.2 Å². The molecule has 0 heterocycles. The predicted molar refractivity (Wildman–Crippen MR) is 122 cm³/mol. The minimum atomic E-state index is -0.994. The van der Waals surface area contributed by atoms with E-state index in [9.17, 15) is 18.0 Å². The highest BCUT2D eigenvalue weighted by Gasteiger charge is 2.17. The summed E-state index contributed by atoms with van der Waals surface area (Å²) in [6.07, 6.45) is 0. The highest BCUT2D eigenvalue weighted by Crippen LogP contribution is 2.33. The van der Waals surface area contributed by atoms with Crippen molar-refractivity contribution in [3.63, 3.8) is 0 Å². The van der Waals surface area contributed by atoms with E-state index in [0.717, 1.165) is 6.07 Å². The van der Waals surface area contributed by atoms with Gasteiger partial charge < -0.3 is 14.2 Å². The molecule has 0 aliphatic carbocycles. The second-order valence-electron chi connectivity index (χ2n) is 7.28. The Morgan fingerprint density at radius 1 is 0.647 bits per heavy atom. The van der Waals surface area contributed by atoms with E-state index in [0.29, 0.717) is 16.9 Å². The van der Waals surface area contributed by atoms with Crippen molar-refractivity contribution in [2.24, 2.45) is 0 Å². The first-order chi connectivity index (χ1) is 16.4. The highest BCUT2D eigenvalue weighted by molar-refractivity contribution is 5.91. The molecule has 0 bridgehead atoms. The maximum Gasteiger partial charge on any atom is 0.343 e. The molecule has 0 radical (unpaired) electrons. The minimum Gasteiger partial charge on any atom is -0.497 e. The monoisotopic (exact) mass is 464 g/mol. The van der Waals surface area contributed by atoms with Crippen LogP contribution in [0.2, 0.25) is 0 Å². The Hall–Kier alpha value is -4.26. The lowest BCUT2D eigenvalue weighted by Crippen LogP contribution is -2.09. The zero-order valence-electron chi connectivity index (χ0n) is 18.3. The normalized spacial score (nSPS) is 10.6. The molecular weight excluding hydrogens is 445 g/mol.